The fourth-order valence-electron chi connectivity index (χ4n) is 3.30. The zero-order valence-electron chi connectivity index (χ0n) is 16.2. The molecule has 0 fully saturated rings. The largest absolute Gasteiger partial charge is 0.507 e. The fourth-order valence-corrected chi connectivity index (χ4v) is 3.30. The molecule has 0 bridgehead atoms. The molecule has 3 aromatic carbocycles. The van der Waals surface area contributed by atoms with Crippen molar-refractivity contribution in [2.24, 2.45) is 0 Å². The van der Waals surface area contributed by atoms with Gasteiger partial charge in [0.15, 0.2) is 0 Å². The molecule has 29 heavy (non-hydrogen) atoms. The summed E-state index contributed by atoms with van der Waals surface area (Å²) in [5.41, 5.74) is 6.49. The standard InChI is InChI=1S/C25H22N2O2/c1-3-18-9-11-19(12-10-18)16-29-21-13-14-22(23(28)15-21)25-24(17(2)26-27-25)20-7-5-4-6-8-20/h3-15,28H,1,16H2,2H3,(H,26,27). The van der Waals surface area contributed by atoms with Crippen LogP contribution in [0.3, 0.4) is 0 Å². The molecule has 0 unspecified atom stereocenters. The highest BCUT2D eigenvalue weighted by Crippen LogP contribution is 2.38. The highest BCUT2D eigenvalue weighted by molar-refractivity contribution is 5.85. The van der Waals surface area contributed by atoms with Gasteiger partial charge >= 0.3 is 0 Å². The highest BCUT2D eigenvalue weighted by Gasteiger charge is 2.17. The Bertz CT molecular complexity index is 1130. The minimum Gasteiger partial charge on any atom is -0.507 e. The molecule has 144 valence electrons. The van der Waals surface area contributed by atoms with E-state index in [1.807, 2.05) is 79.7 Å². The van der Waals surface area contributed by atoms with E-state index in [0.29, 0.717) is 17.9 Å². The summed E-state index contributed by atoms with van der Waals surface area (Å²) in [6.07, 6.45) is 1.81. The number of nitrogens with zero attached hydrogens (tertiary/aromatic N) is 1. The summed E-state index contributed by atoms with van der Waals surface area (Å²) in [5.74, 6) is 0.737. The second-order valence-corrected chi connectivity index (χ2v) is 6.85. The van der Waals surface area contributed by atoms with E-state index in [9.17, 15) is 5.11 Å². The second kappa shape index (κ2) is 8.07. The van der Waals surface area contributed by atoms with Crippen molar-refractivity contribution in [3.63, 3.8) is 0 Å². The van der Waals surface area contributed by atoms with E-state index < -0.39 is 0 Å². The van der Waals surface area contributed by atoms with Crippen molar-refractivity contribution in [2.75, 3.05) is 0 Å². The van der Waals surface area contributed by atoms with E-state index in [2.05, 4.69) is 16.8 Å². The SMILES string of the molecule is C=Cc1ccc(COc2ccc(-c3n[nH]c(C)c3-c3ccccc3)c(O)c2)cc1. The maximum atomic E-state index is 10.6. The van der Waals surface area contributed by atoms with Gasteiger partial charge in [0, 0.05) is 22.9 Å². The topological polar surface area (TPSA) is 58.1 Å². The molecular weight excluding hydrogens is 360 g/mol. The lowest BCUT2D eigenvalue weighted by Crippen LogP contribution is -1.95. The van der Waals surface area contributed by atoms with Gasteiger partial charge in [-0.15, -0.1) is 0 Å². The number of nitrogens with one attached hydrogen (secondary N) is 1. The van der Waals surface area contributed by atoms with Gasteiger partial charge in [0.1, 0.15) is 23.8 Å². The first-order valence-electron chi connectivity index (χ1n) is 9.43. The molecule has 0 aliphatic rings. The molecule has 4 heteroatoms. The summed E-state index contributed by atoms with van der Waals surface area (Å²) >= 11 is 0. The summed E-state index contributed by atoms with van der Waals surface area (Å²) in [7, 11) is 0. The summed E-state index contributed by atoms with van der Waals surface area (Å²) < 4.78 is 5.84. The number of H-pyrrole nitrogens is 1. The summed E-state index contributed by atoms with van der Waals surface area (Å²) in [6.45, 7) is 6.16. The minimum absolute atomic E-state index is 0.133. The normalized spacial score (nSPS) is 10.7. The van der Waals surface area contributed by atoms with Crippen LogP contribution >= 0.6 is 0 Å². The first-order chi connectivity index (χ1) is 14.2. The van der Waals surface area contributed by atoms with Crippen LogP contribution < -0.4 is 4.74 Å². The van der Waals surface area contributed by atoms with Crippen LogP contribution in [0.5, 0.6) is 11.5 Å². The molecule has 4 aromatic rings. The molecule has 0 saturated heterocycles. The number of phenolic OH excluding ortho intramolecular Hbond substituents is 1. The first-order valence-corrected chi connectivity index (χ1v) is 9.43. The Morgan fingerprint density at radius 3 is 2.48 bits per heavy atom. The summed E-state index contributed by atoms with van der Waals surface area (Å²) in [4.78, 5) is 0. The third kappa shape index (κ3) is 3.92. The molecule has 4 rings (SSSR count). The van der Waals surface area contributed by atoms with Crippen molar-refractivity contribution < 1.29 is 9.84 Å². The Morgan fingerprint density at radius 1 is 1.03 bits per heavy atom. The van der Waals surface area contributed by atoms with E-state index >= 15 is 0 Å². The molecule has 0 saturated carbocycles. The number of aromatic amines is 1. The molecular formula is C25H22N2O2. The molecule has 2 N–H and O–H groups in total. The Kier molecular flexibility index (Phi) is 5.16. The number of benzene rings is 3. The zero-order valence-corrected chi connectivity index (χ0v) is 16.2. The Hall–Kier alpha value is -3.79. The van der Waals surface area contributed by atoms with Crippen molar-refractivity contribution in [2.45, 2.75) is 13.5 Å². The van der Waals surface area contributed by atoms with Gasteiger partial charge in [-0.2, -0.15) is 5.10 Å². The summed E-state index contributed by atoms with van der Waals surface area (Å²) in [6, 6.07) is 23.4. The molecule has 0 aliphatic carbocycles. The Labute approximate surface area is 170 Å². The zero-order chi connectivity index (χ0) is 20.2. The number of aromatic nitrogens is 2. The molecule has 4 nitrogen and oxygen atoms in total. The number of rotatable bonds is 6. The van der Waals surface area contributed by atoms with Crippen molar-refractivity contribution in [1.29, 1.82) is 0 Å². The van der Waals surface area contributed by atoms with Crippen LogP contribution in [-0.4, -0.2) is 15.3 Å². The molecule has 0 amide bonds. The molecule has 0 radical (unpaired) electrons. The number of phenols is 1. The predicted molar refractivity (Wildman–Crippen MR) is 117 cm³/mol. The van der Waals surface area contributed by atoms with E-state index in [-0.39, 0.29) is 5.75 Å². The number of ether oxygens (including phenoxy) is 1. The lowest BCUT2D eigenvalue weighted by atomic mass is 9.99. The van der Waals surface area contributed by atoms with Gasteiger partial charge in [-0.05, 0) is 35.7 Å². The van der Waals surface area contributed by atoms with Crippen molar-refractivity contribution in [1.82, 2.24) is 10.2 Å². The molecule has 0 spiro atoms. The maximum Gasteiger partial charge on any atom is 0.128 e. The Balaban J connectivity index is 1.57. The van der Waals surface area contributed by atoms with Crippen LogP contribution in [0.2, 0.25) is 0 Å². The van der Waals surface area contributed by atoms with Gasteiger partial charge in [0.25, 0.3) is 0 Å². The van der Waals surface area contributed by atoms with E-state index in [4.69, 9.17) is 4.74 Å². The van der Waals surface area contributed by atoms with Crippen molar-refractivity contribution in [3.8, 4) is 33.9 Å². The van der Waals surface area contributed by atoms with Gasteiger partial charge in [-0.1, -0.05) is 67.3 Å². The van der Waals surface area contributed by atoms with Gasteiger partial charge in [0.05, 0.1) is 0 Å². The summed E-state index contributed by atoms with van der Waals surface area (Å²) in [5, 5.41) is 18.1. The van der Waals surface area contributed by atoms with E-state index in [1.54, 1.807) is 6.07 Å². The van der Waals surface area contributed by atoms with Crippen LogP contribution in [0.4, 0.5) is 0 Å². The van der Waals surface area contributed by atoms with Crippen LogP contribution in [-0.2, 0) is 6.61 Å². The molecule has 1 heterocycles. The van der Waals surface area contributed by atoms with Gasteiger partial charge < -0.3 is 9.84 Å². The average Bonchev–Trinajstić information content (AvgIpc) is 3.14. The number of aryl methyl sites for hydroxylation is 1. The molecule has 0 atom stereocenters. The number of hydrogen-bond donors (Lipinski definition) is 2. The number of hydrogen-bond acceptors (Lipinski definition) is 3. The van der Waals surface area contributed by atoms with Crippen LogP contribution in [0.15, 0.2) is 79.4 Å². The smallest absolute Gasteiger partial charge is 0.128 e. The number of aromatic hydroxyl groups is 1. The predicted octanol–water partition coefficient (Wildman–Crippen LogP) is 5.98. The van der Waals surface area contributed by atoms with Crippen LogP contribution in [0.25, 0.3) is 28.5 Å². The van der Waals surface area contributed by atoms with Gasteiger partial charge in [-0.3, -0.25) is 5.10 Å². The van der Waals surface area contributed by atoms with Crippen LogP contribution in [0, 0.1) is 6.92 Å². The average molecular weight is 382 g/mol. The second-order valence-electron chi connectivity index (χ2n) is 6.85. The molecule has 0 aliphatic heterocycles. The van der Waals surface area contributed by atoms with Crippen LogP contribution in [0.1, 0.15) is 16.8 Å². The monoisotopic (exact) mass is 382 g/mol. The van der Waals surface area contributed by atoms with E-state index in [1.165, 1.54) is 0 Å². The third-order valence-corrected chi connectivity index (χ3v) is 4.85. The van der Waals surface area contributed by atoms with E-state index in [0.717, 1.165) is 33.6 Å². The first kappa shape index (κ1) is 18.6. The maximum absolute atomic E-state index is 10.6. The van der Waals surface area contributed by atoms with Crippen molar-refractivity contribution >= 4 is 6.08 Å². The molecule has 1 aromatic heterocycles. The highest BCUT2D eigenvalue weighted by atomic mass is 16.5. The van der Waals surface area contributed by atoms with Gasteiger partial charge in [-0.25, -0.2) is 0 Å². The van der Waals surface area contributed by atoms with Crippen molar-refractivity contribution in [3.05, 3.63) is 96.2 Å². The Morgan fingerprint density at radius 2 is 1.79 bits per heavy atom. The quantitative estimate of drug-likeness (QED) is 0.431. The van der Waals surface area contributed by atoms with Gasteiger partial charge in [0.2, 0.25) is 0 Å². The minimum atomic E-state index is 0.133. The lowest BCUT2D eigenvalue weighted by molar-refractivity contribution is 0.304. The third-order valence-electron chi connectivity index (χ3n) is 4.85. The lowest BCUT2D eigenvalue weighted by Gasteiger charge is -2.10. The fraction of sp³-hybridized carbons (Fsp3) is 0.0800.